The van der Waals surface area contributed by atoms with E-state index in [4.69, 9.17) is 4.74 Å². The van der Waals surface area contributed by atoms with Crippen LogP contribution in [0.3, 0.4) is 0 Å². The Morgan fingerprint density at radius 1 is 1.67 bits per heavy atom. The summed E-state index contributed by atoms with van der Waals surface area (Å²) < 4.78 is 4.90. The second-order valence-electron chi connectivity index (χ2n) is 2.38. The van der Waals surface area contributed by atoms with Crippen LogP contribution >= 0.6 is 0 Å². The van der Waals surface area contributed by atoms with Gasteiger partial charge >= 0.3 is 5.97 Å². The zero-order valence-electron chi connectivity index (χ0n) is 5.68. The third kappa shape index (κ3) is 1.42. The number of ether oxygens (including phenoxy) is 1. The van der Waals surface area contributed by atoms with Crippen LogP contribution in [0, 0.1) is 0 Å². The van der Waals surface area contributed by atoms with Gasteiger partial charge in [-0.1, -0.05) is 0 Å². The van der Waals surface area contributed by atoms with E-state index in [2.05, 4.69) is 5.32 Å². The first-order valence-electron chi connectivity index (χ1n) is 3.14. The molecule has 2 atom stereocenters. The Kier molecular flexibility index (Phi) is 1.71. The van der Waals surface area contributed by atoms with Crippen LogP contribution in [0.4, 0.5) is 0 Å². The van der Waals surface area contributed by atoms with Crippen molar-refractivity contribution >= 4 is 5.97 Å². The molecule has 0 aliphatic carbocycles. The third-order valence-corrected chi connectivity index (χ3v) is 1.38. The Hall–Kier alpha value is -0.570. The molecule has 0 bridgehead atoms. The molecule has 9 heavy (non-hydrogen) atoms. The molecule has 1 aliphatic heterocycles. The van der Waals surface area contributed by atoms with Crippen molar-refractivity contribution in [2.75, 3.05) is 6.54 Å². The van der Waals surface area contributed by atoms with Gasteiger partial charge < -0.3 is 10.1 Å². The quantitative estimate of drug-likeness (QED) is 0.464. The lowest BCUT2D eigenvalue weighted by Crippen LogP contribution is -2.47. The molecule has 0 aromatic heterocycles. The van der Waals surface area contributed by atoms with Gasteiger partial charge in [-0.3, -0.25) is 4.79 Å². The molecule has 3 heteroatoms. The molecule has 1 fully saturated rings. The van der Waals surface area contributed by atoms with Gasteiger partial charge in [-0.15, -0.1) is 0 Å². The van der Waals surface area contributed by atoms with Crippen molar-refractivity contribution in [3.63, 3.8) is 0 Å². The van der Waals surface area contributed by atoms with Crippen molar-refractivity contribution in [2.24, 2.45) is 0 Å². The van der Waals surface area contributed by atoms with Gasteiger partial charge in [0.05, 0.1) is 0 Å². The van der Waals surface area contributed by atoms with E-state index < -0.39 is 0 Å². The first-order valence-corrected chi connectivity index (χ1v) is 3.14. The molecule has 0 amide bonds. The Bertz CT molecular complexity index is 124. The van der Waals surface area contributed by atoms with Crippen molar-refractivity contribution in [3.05, 3.63) is 0 Å². The smallest absolute Gasteiger partial charge is 0.323 e. The maximum atomic E-state index is 10.7. The van der Waals surface area contributed by atoms with Crippen molar-refractivity contribution in [1.82, 2.24) is 5.32 Å². The fourth-order valence-corrected chi connectivity index (χ4v) is 0.768. The summed E-state index contributed by atoms with van der Waals surface area (Å²) in [5.74, 6) is -0.145. The minimum atomic E-state index is -0.145. The van der Waals surface area contributed by atoms with E-state index >= 15 is 0 Å². The predicted molar refractivity (Wildman–Crippen MR) is 33.0 cm³/mol. The molecule has 1 N–H and O–H groups in total. The van der Waals surface area contributed by atoms with Gasteiger partial charge in [0.1, 0.15) is 12.1 Å². The molecular formula is C6H11NO2. The van der Waals surface area contributed by atoms with E-state index in [-0.39, 0.29) is 18.1 Å². The first-order chi connectivity index (χ1) is 4.20. The SMILES string of the molecule is CC1CNC(C)C(=O)O1. The normalized spacial score (nSPS) is 36.0. The lowest BCUT2D eigenvalue weighted by Gasteiger charge is -2.24. The van der Waals surface area contributed by atoms with Gasteiger partial charge in [0.15, 0.2) is 0 Å². The lowest BCUT2D eigenvalue weighted by atomic mass is 10.2. The molecule has 0 aromatic rings. The predicted octanol–water partition coefficient (Wildman–Crippen LogP) is -0.0902. The molecule has 1 rings (SSSR count). The Morgan fingerprint density at radius 3 is 2.78 bits per heavy atom. The zero-order chi connectivity index (χ0) is 6.85. The van der Waals surface area contributed by atoms with Crippen molar-refractivity contribution in [2.45, 2.75) is 26.0 Å². The first kappa shape index (κ1) is 6.55. The number of esters is 1. The van der Waals surface area contributed by atoms with Gasteiger partial charge in [-0.2, -0.15) is 0 Å². The van der Waals surface area contributed by atoms with Gasteiger partial charge in [0.2, 0.25) is 0 Å². The van der Waals surface area contributed by atoms with Crippen LogP contribution in [0.25, 0.3) is 0 Å². The molecule has 2 unspecified atom stereocenters. The minimum absolute atomic E-state index is 0.0358. The highest BCUT2D eigenvalue weighted by Crippen LogP contribution is 2.00. The average Bonchev–Trinajstić information content (AvgIpc) is 1.80. The maximum Gasteiger partial charge on any atom is 0.323 e. The molecule has 52 valence electrons. The summed E-state index contributed by atoms with van der Waals surface area (Å²) in [5, 5.41) is 3.01. The third-order valence-electron chi connectivity index (χ3n) is 1.38. The second-order valence-corrected chi connectivity index (χ2v) is 2.38. The number of hydrogen-bond donors (Lipinski definition) is 1. The highest BCUT2D eigenvalue weighted by Gasteiger charge is 2.22. The van der Waals surface area contributed by atoms with Crippen molar-refractivity contribution in [3.8, 4) is 0 Å². The second kappa shape index (κ2) is 2.35. The number of nitrogens with one attached hydrogen (secondary N) is 1. The summed E-state index contributed by atoms with van der Waals surface area (Å²) in [6, 6.07) is -0.124. The monoisotopic (exact) mass is 129 g/mol. The molecule has 0 spiro atoms. The van der Waals surface area contributed by atoms with E-state index in [0.717, 1.165) is 6.54 Å². The number of carbonyl (C=O) groups excluding carboxylic acids is 1. The lowest BCUT2D eigenvalue weighted by molar-refractivity contribution is -0.154. The highest BCUT2D eigenvalue weighted by molar-refractivity contribution is 5.76. The summed E-state index contributed by atoms with van der Waals surface area (Å²) in [7, 11) is 0. The van der Waals surface area contributed by atoms with Crippen LogP contribution in [-0.4, -0.2) is 24.7 Å². The molecular weight excluding hydrogens is 118 g/mol. The number of carbonyl (C=O) groups is 1. The van der Waals surface area contributed by atoms with Crippen LogP contribution in [0.1, 0.15) is 13.8 Å². The Morgan fingerprint density at radius 2 is 2.33 bits per heavy atom. The largest absolute Gasteiger partial charge is 0.460 e. The topological polar surface area (TPSA) is 38.3 Å². The van der Waals surface area contributed by atoms with Crippen LogP contribution in [0.15, 0.2) is 0 Å². The summed E-state index contributed by atoms with van der Waals surface area (Å²) in [6.45, 7) is 4.44. The van der Waals surface area contributed by atoms with E-state index in [9.17, 15) is 4.79 Å². The molecule has 0 radical (unpaired) electrons. The van der Waals surface area contributed by atoms with E-state index in [1.807, 2.05) is 6.92 Å². The van der Waals surface area contributed by atoms with E-state index in [1.54, 1.807) is 6.92 Å². The van der Waals surface area contributed by atoms with E-state index in [1.165, 1.54) is 0 Å². The summed E-state index contributed by atoms with van der Waals surface area (Å²) in [5.41, 5.74) is 0. The molecule has 0 aromatic carbocycles. The van der Waals surface area contributed by atoms with Crippen molar-refractivity contribution in [1.29, 1.82) is 0 Å². The minimum Gasteiger partial charge on any atom is -0.460 e. The number of hydrogen-bond acceptors (Lipinski definition) is 3. The number of cyclic esters (lactones) is 1. The fraction of sp³-hybridized carbons (Fsp3) is 0.833. The summed E-state index contributed by atoms with van der Waals surface area (Å²) in [4.78, 5) is 10.7. The van der Waals surface area contributed by atoms with Gasteiger partial charge in [-0.25, -0.2) is 0 Å². The Labute approximate surface area is 54.4 Å². The van der Waals surface area contributed by atoms with Crippen LogP contribution in [-0.2, 0) is 9.53 Å². The zero-order valence-corrected chi connectivity index (χ0v) is 5.68. The maximum absolute atomic E-state index is 10.7. The summed E-state index contributed by atoms with van der Waals surface area (Å²) >= 11 is 0. The molecule has 1 heterocycles. The van der Waals surface area contributed by atoms with Crippen LogP contribution in [0.5, 0.6) is 0 Å². The molecule has 1 saturated heterocycles. The molecule has 3 nitrogen and oxygen atoms in total. The molecule has 1 aliphatic rings. The number of morpholine rings is 1. The standard InChI is InChI=1S/C6H11NO2/c1-4-3-7-5(2)6(8)9-4/h4-5,7H,3H2,1-2H3. The van der Waals surface area contributed by atoms with Gasteiger partial charge in [0, 0.05) is 6.54 Å². The number of rotatable bonds is 0. The molecule has 0 saturated carbocycles. The van der Waals surface area contributed by atoms with Gasteiger partial charge in [0.25, 0.3) is 0 Å². The fourth-order valence-electron chi connectivity index (χ4n) is 0.768. The average molecular weight is 129 g/mol. The van der Waals surface area contributed by atoms with Crippen LogP contribution in [0.2, 0.25) is 0 Å². The Balaban J connectivity index is 2.44. The van der Waals surface area contributed by atoms with Crippen molar-refractivity contribution < 1.29 is 9.53 Å². The van der Waals surface area contributed by atoms with E-state index in [0.29, 0.717) is 0 Å². The highest BCUT2D eigenvalue weighted by atomic mass is 16.5. The van der Waals surface area contributed by atoms with Crippen LogP contribution < -0.4 is 5.32 Å². The van der Waals surface area contributed by atoms with Gasteiger partial charge in [-0.05, 0) is 13.8 Å². The summed E-state index contributed by atoms with van der Waals surface area (Å²) in [6.07, 6.45) is 0.0358.